The van der Waals surface area contributed by atoms with E-state index < -0.39 is 76.7 Å². The summed E-state index contributed by atoms with van der Waals surface area (Å²) in [4.78, 5) is 22.8. The maximum absolute atomic E-state index is 12.0. The summed E-state index contributed by atoms with van der Waals surface area (Å²) in [6.45, 7) is 19.6. The third kappa shape index (κ3) is 33.0. The van der Waals surface area contributed by atoms with Crippen molar-refractivity contribution in [2.75, 3.05) is 6.61 Å². The molecule has 0 rings (SSSR count). The number of aliphatic hydroxyl groups excluding tert-OH is 1. The largest absolute Gasteiger partial charge is 0.481 e. The lowest BCUT2D eigenvalue weighted by atomic mass is 9.84. The van der Waals surface area contributed by atoms with Crippen molar-refractivity contribution in [1.29, 1.82) is 0 Å². The van der Waals surface area contributed by atoms with Crippen molar-refractivity contribution in [2.45, 2.75) is 269 Å². The number of aliphatic carboxylic acids is 1. The highest BCUT2D eigenvalue weighted by Gasteiger charge is 2.33. The van der Waals surface area contributed by atoms with Gasteiger partial charge in [-0.1, -0.05) is 34.9 Å². The topological polar surface area (TPSA) is 225 Å². The first kappa shape index (κ1) is 60.8. The van der Waals surface area contributed by atoms with Crippen molar-refractivity contribution < 1.29 is 60.3 Å². The number of carboxylic acids is 1. The van der Waals surface area contributed by atoms with E-state index in [0.717, 1.165) is 44.1 Å². The van der Waals surface area contributed by atoms with E-state index in [1.165, 1.54) is 25.0 Å². The fourth-order valence-corrected chi connectivity index (χ4v) is 8.07. The Balaban J connectivity index is 4.46. The fraction of sp³-hybridized carbons (Fsp3) is 0.843. The van der Waals surface area contributed by atoms with Crippen LogP contribution in [-0.2, 0) is 14.3 Å². The maximum Gasteiger partial charge on any atom is 0.308 e. The number of carbonyl (C=O) groups is 2. The number of carboxylic acid groups (broad SMARTS) is 1. The van der Waals surface area contributed by atoms with Crippen LogP contribution in [0.25, 0.3) is 0 Å². The van der Waals surface area contributed by atoms with Gasteiger partial charge in [0.05, 0.1) is 52.0 Å². The minimum absolute atomic E-state index is 0.231. The van der Waals surface area contributed by atoms with Gasteiger partial charge in [0.25, 0.3) is 0 Å². The number of allylic oxidation sites excluding steroid dienone is 6. The third-order valence-corrected chi connectivity index (χ3v) is 12.6. The molecule has 0 amide bonds. The number of rotatable bonds is 36. The molecule has 0 aliphatic rings. The first-order valence-electron chi connectivity index (χ1n) is 23.7. The van der Waals surface area contributed by atoms with Gasteiger partial charge in [-0.05, 0) is 211 Å². The second-order valence-electron chi connectivity index (χ2n) is 21.6. The van der Waals surface area contributed by atoms with Gasteiger partial charge in [0.1, 0.15) is 12.7 Å². The molecule has 0 aliphatic heterocycles. The van der Waals surface area contributed by atoms with Crippen molar-refractivity contribution in [1.82, 2.24) is 0 Å². The van der Waals surface area contributed by atoms with Crippen LogP contribution in [0.1, 0.15) is 224 Å². The van der Waals surface area contributed by atoms with Crippen molar-refractivity contribution in [3.05, 3.63) is 34.9 Å². The molecule has 0 heterocycles. The zero-order chi connectivity index (χ0) is 48.8. The van der Waals surface area contributed by atoms with Gasteiger partial charge in [-0.2, -0.15) is 0 Å². The normalized spacial score (nSPS) is 19.9. The highest BCUT2D eigenvalue weighted by atomic mass is 16.5. The molecule has 0 aliphatic carbocycles. The van der Waals surface area contributed by atoms with Gasteiger partial charge in [-0.3, -0.25) is 9.59 Å². The second kappa shape index (κ2) is 28.1. The number of carbonyl (C=O) groups excluding carboxylic acids is 1. The molecule has 0 aromatic rings. The lowest BCUT2D eigenvalue weighted by Crippen LogP contribution is -2.43. The first-order valence-corrected chi connectivity index (χ1v) is 23.7. The molecule has 12 heteroatoms. The Bertz CT molecular complexity index is 1410. The molecule has 0 radical (unpaired) electrons. The molecule has 0 unspecified atom stereocenters. The number of ether oxygens (including phenoxy) is 1. The van der Waals surface area contributed by atoms with E-state index in [0.29, 0.717) is 89.9 Å². The van der Waals surface area contributed by atoms with E-state index in [9.17, 15) is 50.4 Å². The second-order valence-corrected chi connectivity index (χ2v) is 21.6. The lowest BCUT2D eigenvalue weighted by Gasteiger charge is -2.30. The van der Waals surface area contributed by atoms with Gasteiger partial charge in [0.15, 0.2) is 0 Å². The van der Waals surface area contributed by atoms with Crippen LogP contribution < -0.4 is 0 Å². The Morgan fingerprint density at radius 3 is 1.25 bits per heavy atom. The van der Waals surface area contributed by atoms with E-state index in [2.05, 4.69) is 32.9 Å². The Morgan fingerprint density at radius 2 is 0.841 bits per heavy atom. The minimum Gasteiger partial charge on any atom is -0.481 e. The molecule has 0 aromatic carbocycles. The minimum atomic E-state index is -1.78. The van der Waals surface area contributed by atoms with Crippen molar-refractivity contribution in [2.24, 2.45) is 0 Å². The van der Waals surface area contributed by atoms with Crippen LogP contribution in [-0.4, -0.2) is 110 Å². The number of esters is 1. The van der Waals surface area contributed by atoms with E-state index in [1.54, 1.807) is 0 Å². The molecule has 0 saturated heterocycles. The van der Waals surface area contributed by atoms with Crippen molar-refractivity contribution in [3.63, 3.8) is 0 Å². The zero-order valence-corrected chi connectivity index (χ0v) is 41.5. The molecule has 0 spiro atoms. The van der Waals surface area contributed by atoms with Crippen LogP contribution in [0.5, 0.6) is 0 Å². The number of hydrogen-bond acceptors (Lipinski definition) is 11. The SMILES string of the molecule is CC(C)=CCC[C@@](C)(O)CCC[C@@](C)(O)CCC[C@@](C)(O)CCC[C@@](C)(O)CCC[C@@](C)(O)CCC/C(C)=C/CC/C(C)=C/CC[C@](C)(O)[C@H](O)COC(=O)C[C@@](C)(O)CC(=O)O. The predicted molar refractivity (Wildman–Crippen MR) is 252 cm³/mol. The lowest BCUT2D eigenvalue weighted by molar-refractivity contribution is -0.159. The fourth-order valence-electron chi connectivity index (χ4n) is 8.07. The third-order valence-electron chi connectivity index (χ3n) is 12.6. The molecule has 0 saturated carbocycles. The standard InChI is InChI=1S/C51H94O12/c1-39(2)20-13-25-45(5,56)27-16-29-47(7,58)31-18-33-49(9,60)34-19-32-48(8,59)30-17-28-46(6,57)26-14-23-40(3)21-12-22-41(4)24-15-35-51(11,62)42(52)38-63-44(55)37-50(10,61)36-43(53)54/h20-21,24,42,52,56-62H,12-19,22-23,25-38H2,1-11H3,(H,53,54)/b40-21+,41-24+/t42-,45-,46+,47-,48+,49-,50+,51+/m1/s1. The summed E-state index contributed by atoms with van der Waals surface area (Å²) < 4.78 is 4.98. The molecule has 8 atom stereocenters. The highest BCUT2D eigenvalue weighted by Crippen LogP contribution is 2.31. The number of aliphatic hydroxyl groups is 8. The molecule has 63 heavy (non-hydrogen) atoms. The van der Waals surface area contributed by atoms with Crippen LogP contribution >= 0.6 is 0 Å². The highest BCUT2D eigenvalue weighted by molar-refractivity contribution is 5.73. The molecule has 370 valence electrons. The Labute approximate surface area is 382 Å². The summed E-state index contributed by atoms with van der Waals surface area (Å²) in [6.07, 6.45) is 17.6. The molecule has 9 N–H and O–H groups in total. The summed E-state index contributed by atoms with van der Waals surface area (Å²) in [5.74, 6) is -2.12. The molecule has 0 fully saturated rings. The van der Waals surface area contributed by atoms with Gasteiger partial charge in [-0.25, -0.2) is 0 Å². The van der Waals surface area contributed by atoms with Gasteiger partial charge in [0, 0.05) is 0 Å². The average Bonchev–Trinajstić information content (AvgIpc) is 3.08. The van der Waals surface area contributed by atoms with E-state index in [-0.39, 0.29) is 6.42 Å². The Kier molecular flexibility index (Phi) is 27.2. The van der Waals surface area contributed by atoms with E-state index in [4.69, 9.17) is 9.84 Å². The Morgan fingerprint density at radius 1 is 0.476 bits per heavy atom. The van der Waals surface area contributed by atoms with Crippen LogP contribution in [0.2, 0.25) is 0 Å². The average molecular weight is 899 g/mol. The van der Waals surface area contributed by atoms with Gasteiger partial charge in [-0.15, -0.1) is 0 Å². The number of hydrogen-bond donors (Lipinski definition) is 9. The van der Waals surface area contributed by atoms with Gasteiger partial charge < -0.3 is 50.7 Å². The van der Waals surface area contributed by atoms with Crippen LogP contribution in [0.3, 0.4) is 0 Å². The first-order chi connectivity index (χ1) is 28.7. The quantitative estimate of drug-likeness (QED) is 0.0212. The van der Waals surface area contributed by atoms with Gasteiger partial charge >= 0.3 is 11.9 Å². The Hall–Kier alpha value is -2.16. The molecule has 12 nitrogen and oxygen atoms in total. The summed E-state index contributed by atoms with van der Waals surface area (Å²) in [5.41, 5.74) is -3.86. The van der Waals surface area contributed by atoms with Crippen molar-refractivity contribution in [3.8, 4) is 0 Å². The van der Waals surface area contributed by atoms with E-state index >= 15 is 0 Å². The molecular formula is C51H94O12. The van der Waals surface area contributed by atoms with Crippen LogP contribution in [0.15, 0.2) is 34.9 Å². The van der Waals surface area contributed by atoms with E-state index in [1.807, 2.05) is 47.6 Å². The summed E-state index contributed by atoms with van der Waals surface area (Å²) in [5, 5.41) is 94.8. The molecule has 0 bridgehead atoms. The van der Waals surface area contributed by atoms with Crippen LogP contribution in [0.4, 0.5) is 0 Å². The van der Waals surface area contributed by atoms with Crippen molar-refractivity contribution >= 4 is 11.9 Å². The monoisotopic (exact) mass is 899 g/mol. The predicted octanol–water partition coefficient (Wildman–Crippen LogP) is 9.06. The summed E-state index contributed by atoms with van der Waals surface area (Å²) >= 11 is 0. The van der Waals surface area contributed by atoms with Crippen LogP contribution in [0, 0.1) is 0 Å². The zero-order valence-electron chi connectivity index (χ0n) is 41.5. The summed E-state index contributed by atoms with van der Waals surface area (Å²) in [7, 11) is 0. The smallest absolute Gasteiger partial charge is 0.308 e. The molecule has 0 aromatic heterocycles. The van der Waals surface area contributed by atoms with Gasteiger partial charge in [0.2, 0.25) is 0 Å². The molecular weight excluding hydrogens is 805 g/mol. The maximum atomic E-state index is 12.0. The summed E-state index contributed by atoms with van der Waals surface area (Å²) in [6, 6.07) is 0.